The van der Waals surface area contributed by atoms with Crippen LogP contribution in [0.1, 0.15) is 25.1 Å². The van der Waals surface area contributed by atoms with Crippen molar-refractivity contribution in [2.24, 2.45) is 11.8 Å². The maximum atomic E-state index is 10.9. The fraction of sp³-hybridized carbons (Fsp3) is 0.625. The standard InChI is InChI=1S/C16H23N3O2/c1-11-4-5-14(17-15(11)16(2,3)21)19-8-12-6-18(10-20)7-13(12)9-19/h4-5,10,12-13,21H,6-9H2,1-3H3. The van der Waals surface area contributed by atoms with Gasteiger partial charge in [-0.3, -0.25) is 4.79 Å². The Morgan fingerprint density at radius 3 is 2.38 bits per heavy atom. The third kappa shape index (κ3) is 2.62. The molecule has 114 valence electrons. The Morgan fingerprint density at radius 2 is 1.86 bits per heavy atom. The van der Waals surface area contributed by atoms with Crippen LogP contribution >= 0.6 is 0 Å². The van der Waals surface area contributed by atoms with E-state index in [1.54, 1.807) is 13.8 Å². The zero-order chi connectivity index (χ0) is 15.2. The third-order valence-electron chi connectivity index (χ3n) is 4.65. The Labute approximate surface area is 125 Å². The summed E-state index contributed by atoms with van der Waals surface area (Å²) in [4.78, 5) is 19.7. The summed E-state index contributed by atoms with van der Waals surface area (Å²) in [6.07, 6.45) is 0.958. The number of fused-ring (bicyclic) bond motifs is 1. The fourth-order valence-corrected chi connectivity index (χ4v) is 3.62. The average molecular weight is 289 g/mol. The van der Waals surface area contributed by atoms with Gasteiger partial charge in [0.25, 0.3) is 0 Å². The van der Waals surface area contributed by atoms with Crippen LogP contribution in [0.25, 0.3) is 0 Å². The van der Waals surface area contributed by atoms with Crippen LogP contribution in [0.15, 0.2) is 12.1 Å². The number of aliphatic hydroxyl groups is 1. The first-order valence-electron chi connectivity index (χ1n) is 7.53. The molecule has 21 heavy (non-hydrogen) atoms. The average Bonchev–Trinajstić information content (AvgIpc) is 2.95. The molecule has 0 bridgehead atoms. The summed E-state index contributed by atoms with van der Waals surface area (Å²) in [5.41, 5.74) is 0.827. The van der Waals surface area contributed by atoms with E-state index in [9.17, 15) is 9.90 Å². The van der Waals surface area contributed by atoms with Gasteiger partial charge in [0.05, 0.1) is 5.69 Å². The Bertz CT molecular complexity index is 539. The predicted octanol–water partition coefficient (Wildman–Crippen LogP) is 1.14. The summed E-state index contributed by atoms with van der Waals surface area (Å²) < 4.78 is 0. The Morgan fingerprint density at radius 1 is 1.24 bits per heavy atom. The highest BCUT2D eigenvalue weighted by Gasteiger charge is 2.40. The maximum absolute atomic E-state index is 10.9. The molecule has 0 saturated carbocycles. The van der Waals surface area contributed by atoms with E-state index in [0.717, 1.165) is 49.7 Å². The molecule has 2 unspecified atom stereocenters. The molecule has 0 radical (unpaired) electrons. The van der Waals surface area contributed by atoms with Crippen molar-refractivity contribution in [3.05, 3.63) is 23.4 Å². The molecule has 0 aromatic carbocycles. The van der Waals surface area contributed by atoms with Crippen LogP contribution in [0.2, 0.25) is 0 Å². The number of hydrogen-bond acceptors (Lipinski definition) is 4. The van der Waals surface area contributed by atoms with E-state index in [-0.39, 0.29) is 0 Å². The molecule has 2 atom stereocenters. The van der Waals surface area contributed by atoms with Crippen molar-refractivity contribution in [3.63, 3.8) is 0 Å². The quantitative estimate of drug-likeness (QED) is 0.848. The summed E-state index contributed by atoms with van der Waals surface area (Å²) in [5.74, 6) is 2.03. The van der Waals surface area contributed by atoms with Crippen molar-refractivity contribution in [1.29, 1.82) is 0 Å². The lowest BCUT2D eigenvalue weighted by molar-refractivity contribution is -0.117. The van der Waals surface area contributed by atoms with Crippen molar-refractivity contribution in [3.8, 4) is 0 Å². The summed E-state index contributed by atoms with van der Waals surface area (Å²) in [5, 5.41) is 10.2. The van der Waals surface area contributed by atoms with Gasteiger partial charge in [-0.15, -0.1) is 0 Å². The highest BCUT2D eigenvalue weighted by molar-refractivity contribution is 5.49. The summed E-state index contributed by atoms with van der Waals surface area (Å²) in [7, 11) is 0. The lowest BCUT2D eigenvalue weighted by Crippen LogP contribution is -2.29. The molecule has 2 aliphatic rings. The number of rotatable bonds is 3. The van der Waals surface area contributed by atoms with Gasteiger partial charge < -0.3 is 14.9 Å². The predicted molar refractivity (Wildman–Crippen MR) is 81.0 cm³/mol. The van der Waals surface area contributed by atoms with E-state index < -0.39 is 5.60 Å². The topological polar surface area (TPSA) is 56.7 Å². The number of aromatic nitrogens is 1. The Balaban J connectivity index is 1.79. The molecular weight excluding hydrogens is 266 g/mol. The molecule has 1 aromatic rings. The molecule has 3 heterocycles. The van der Waals surface area contributed by atoms with E-state index in [1.165, 1.54) is 0 Å². The van der Waals surface area contributed by atoms with E-state index in [0.29, 0.717) is 11.8 Å². The number of aryl methyl sites for hydroxylation is 1. The molecule has 1 N–H and O–H groups in total. The second-order valence-corrected chi connectivity index (χ2v) is 6.88. The lowest BCUT2D eigenvalue weighted by atomic mass is 10.0. The van der Waals surface area contributed by atoms with Gasteiger partial charge in [-0.05, 0) is 32.4 Å². The number of carbonyl (C=O) groups is 1. The van der Waals surface area contributed by atoms with Crippen LogP contribution in [0.3, 0.4) is 0 Å². The monoisotopic (exact) mass is 289 g/mol. The largest absolute Gasteiger partial charge is 0.384 e. The van der Waals surface area contributed by atoms with E-state index >= 15 is 0 Å². The number of hydrogen-bond donors (Lipinski definition) is 1. The van der Waals surface area contributed by atoms with Crippen LogP contribution in [-0.4, -0.2) is 47.6 Å². The fourth-order valence-electron chi connectivity index (χ4n) is 3.62. The van der Waals surface area contributed by atoms with Crippen LogP contribution in [-0.2, 0) is 10.4 Å². The molecule has 2 fully saturated rings. The molecule has 2 aliphatic heterocycles. The maximum Gasteiger partial charge on any atom is 0.209 e. The van der Waals surface area contributed by atoms with E-state index in [4.69, 9.17) is 0 Å². The number of nitrogens with zero attached hydrogens (tertiary/aromatic N) is 3. The second-order valence-electron chi connectivity index (χ2n) is 6.88. The first-order valence-corrected chi connectivity index (χ1v) is 7.53. The number of likely N-dealkylation sites (tertiary alicyclic amines) is 1. The van der Waals surface area contributed by atoms with Crippen LogP contribution in [0.5, 0.6) is 0 Å². The first-order chi connectivity index (χ1) is 9.88. The van der Waals surface area contributed by atoms with Gasteiger partial charge in [-0.2, -0.15) is 0 Å². The molecule has 1 aromatic heterocycles. The van der Waals surface area contributed by atoms with Crippen molar-refractivity contribution in [2.45, 2.75) is 26.4 Å². The summed E-state index contributed by atoms with van der Waals surface area (Å²) in [6.45, 7) is 9.11. The van der Waals surface area contributed by atoms with Crippen molar-refractivity contribution >= 4 is 12.2 Å². The number of amides is 1. The minimum absolute atomic E-state index is 0.545. The van der Waals surface area contributed by atoms with Gasteiger partial charge in [0.1, 0.15) is 11.4 Å². The number of carbonyl (C=O) groups excluding carboxylic acids is 1. The second kappa shape index (κ2) is 4.98. The normalized spacial score (nSPS) is 25.3. The SMILES string of the molecule is Cc1ccc(N2CC3CN(C=O)CC3C2)nc1C(C)(C)O. The van der Waals surface area contributed by atoms with Crippen LogP contribution in [0, 0.1) is 18.8 Å². The number of anilines is 1. The molecular formula is C16H23N3O2. The summed E-state index contributed by atoms with van der Waals surface area (Å²) in [6, 6.07) is 4.06. The Hall–Kier alpha value is -1.62. The van der Waals surface area contributed by atoms with Crippen molar-refractivity contribution in [1.82, 2.24) is 9.88 Å². The van der Waals surface area contributed by atoms with Crippen LogP contribution < -0.4 is 4.90 Å². The van der Waals surface area contributed by atoms with Gasteiger partial charge in [0, 0.05) is 38.0 Å². The molecule has 0 spiro atoms. The van der Waals surface area contributed by atoms with Gasteiger partial charge in [-0.1, -0.05) is 6.07 Å². The highest BCUT2D eigenvalue weighted by Crippen LogP contribution is 2.33. The molecule has 2 saturated heterocycles. The number of pyridine rings is 1. The lowest BCUT2D eigenvalue weighted by Gasteiger charge is -2.24. The Kier molecular flexibility index (Phi) is 3.40. The molecule has 5 heteroatoms. The summed E-state index contributed by atoms with van der Waals surface area (Å²) >= 11 is 0. The van der Waals surface area contributed by atoms with Gasteiger partial charge in [0.15, 0.2) is 0 Å². The zero-order valence-corrected chi connectivity index (χ0v) is 12.9. The highest BCUT2D eigenvalue weighted by atomic mass is 16.3. The smallest absolute Gasteiger partial charge is 0.209 e. The van der Waals surface area contributed by atoms with Gasteiger partial charge in [-0.25, -0.2) is 4.98 Å². The van der Waals surface area contributed by atoms with Crippen LogP contribution in [0.4, 0.5) is 5.82 Å². The minimum atomic E-state index is -0.927. The molecule has 5 nitrogen and oxygen atoms in total. The minimum Gasteiger partial charge on any atom is -0.384 e. The third-order valence-corrected chi connectivity index (χ3v) is 4.65. The van der Waals surface area contributed by atoms with Crippen molar-refractivity contribution < 1.29 is 9.90 Å². The molecule has 0 aliphatic carbocycles. The first kappa shape index (κ1) is 14.3. The zero-order valence-electron chi connectivity index (χ0n) is 12.9. The molecule has 3 rings (SSSR count). The molecule has 1 amide bonds. The van der Waals surface area contributed by atoms with Gasteiger partial charge >= 0.3 is 0 Å². The van der Waals surface area contributed by atoms with Crippen molar-refractivity contribution in [2.75, 3.05) is 31.1 Å². The van der Waals surface area contributed by atoms with E-state index in [2.05, 4.69) is 9.88 Å². The van der Waals surface area contributed by atoms with E-state index in [1.807, 2.05) is 24.0 Å². The van der Waals surface area contributed by atoms with Gasteiger partial charge in [0.2, 0.25) is 6.41 Å².